The Hall–Kier alpha value is -7.91. The van der Waals surface area contributed by atoms with Gasteiger partial charge in [0.15, 0.2) is 11.4 Å². The zero-order chi connectivity index (χ0) is 44.5. The number of nitrogens with zero attached hydrogens (tertiary/aromatic N) is 2. The highest BCUT2D eigenvalue weighted by Crippen LogP contribution is 2.31. The average Bonchev–Trinajstić information content (AvgIpc) is 3.22. The first-order valence-electron chi connectivity index (χ1n) is 17.9. The number of fused-ring (bicyclic) bond motifs is 2. The largest absolute Gasteiger partial charge is 0.478 e. The van der Waals surface area contributed by atoms with Gasteiger partial charge in [0.05, 0.1) is 16.9 Å². The van der Waals surface area contributed by atoms with E-state index in [9.17, 15) is 55.0 Å². The number of aromatic carboxylic acids is 1. The van der Waals surface area contributed by atoms with Crippen LogP contribution in [0.5, 0.6) is 0 Å². The SMILES string of the molecule is Cc1cc(C(=O)Nc2ccc3c(c2)C=C(S(=O)(=O)O)/C(=N\Nc2ccccc2C(=O)O)C3=O)ccc1N/N=C1/C(=O)c2ccc(NC(=O)c3ccccc3)cc2C=C1S(=O)(=O)O. The van der Waals surface area contributed by atoms with Crippen molar-refractivity contribution in [2.75, 3.05) is 21.5 Å². The summed E-state index contributed by atoms with van der Waals surface area (Å²) in [6.07, 6.45) is 2.02. The van der Waals surface area contributed by atoms with Crippen molar-refractivity contribution in [3.63, 3.8) is 0 Å². The zero-order valence-electron chi connectivity index (χ0n) is 31.8. The summed E-state index contributed by atoms with van der Waals surface area (Å²) in [4.78, 5) is 62.9. The van der Waals surface area contributed by atoms with Gasteiger partial charge in [-0.3, -0.25) is 39.1 Å². The van der Waals surface area contributed by atoms with Crippen molar-refractivity contribution in [3.05, 3.63) is 164 Å². The Labute approximate surface area is 351 Å². The molecule has 7 rings (SSSR count). The first kappa shape index (κ1) is 42.2. The molecule has 0 unspecified atom stereocenters. The van der Waals surface area contributed by atoms with E-state index >= 15 is 0 Å². The topological polar surface area (TPSA) is 287 Å². The minimum absolute atomic E-state index is 0.00798. The standard InChI is InChI=1S/C42H30N6O12S2/c1-22-17-24(41(52)44-28-13-15-30-26(19-28)21-35(62(58,59)60)37(39(30)50)48-46-33-10-6-5-9-31(33)42(53)54)11-16-32(22)45-47-36-34(61(55,56)57)20-25-18-27(12-14-29(25)38(36)49)43-40(51)23-7-3-2-4-8-23/h2-21,45-46H,1H3,(H,43,51)(H,44,52)(H,53,54)(H,55,56,57)(H,58,59,60)/b47-36+,48-37+. The number of hydrogen-bond acceptors (Lipinski definition) is 13. The number of allylic oxidation sites excluding steroid dienone is 2. The van der Waals surface area contributed by atoms with Crippen LogP contribution in [0.15, 0.2) is 129 Å². The van der Waals surface area contributed by atoms with Crippen molar-refractivity contribution < 1.29 is 55.0 Å². The van der Waals surface area contributed by atoms with Gasteiger partial charge in [0.2, 0.25) is 11.6 Å². The molecule has 2 aliphatic rings. The van der Waals surface area contributed by atoms with Crippen LogP contribution in [-0.2, 0) is 20.2 Å². The number of carboxylic acid groups (broad SMARTS) is 1. The molecule has 0 aliphatic heterocycles. The summed E-state index contributed by atoms with van der Waals surface area (Å²) in [6.45, 7) is 1.59. The van der Waals surface area contributed by atoms with Crippen LogP contribution in [0.3, 0.4) is 0 Å². The van der Waals surface area contributed by atoms with Crippen molar-refractivity contribution in [1.82, 2.24) is 0 Å². The molecule has 5 aromatic carbocycles. The number of carbonyl (C=O) groups is 5. The number of anilines is 4. The average molecular weight is 875 g/mol. The van der Waals surface area contributed by atoms with Gasteiger partial charge in [-0.15, -0.1) is 0 Å². The van der Waals surface area contributed by atoms with E-state index in [4.69, 9.17) is 0 Å². The third kappa shape index (κ3) is 8.83. The second-order valence-corrected chi connectivity index (χ2v) is 16.3. The van der Waals surface area contributed by atoms with Crippen molar-refractivity contribution >= 4 is 95.9 Å². The van der Waals surface area contributed by atoms with Crippen LogP contribution in [0.25, 0.3) is 12.2 Å². The van der Waals surface area contributed by atoms with Crippen LogP contribution < -0.4 is 21.5 Å². The van der Waals surface area contributed by atoms with E-state index in [1.807, 2.05) is 0 Å². The molecular weight excluding hydrogens is 845 g/mol. The van der Waals surface area contributed by atoms with E-state index in [2.05, 4.69) is 31.7 Å². The summed E-state index contributed by atoms with van der Waals surface area (Å²) in [6, 6.07) is 26.3. The molecule has 0 radical (unpaired) electrons. The highest BCUT2D eigenvalue weighted by Gasteiger charge is 2.34. The third-order valence-electron chi connectivity index (χ3n) is 9.39. The molecule has 0 saturated heterocycles. The normalized spacial score (nSPS) is 14.9. The number of para-hydroxylation sites is 1. The lowest BCUT2D eigenvalue weighted by Crippen LogP contribution is -2.27. The minimum atomic E-state index is -5.05. The molecule has 18 nitrogen and oxygen atoms in total. The molecule has 0 saturated carbocycles. The maximum Gasteiger partial charge on any atom is 0.337 e. The molecule has 0 aromatic heterocycles. The molecular formula is C42H30N6O12S2. The fourth-order valence-corrected chi connectivity index (χ4v) is 7.68. The van der Waals surface area contributed by atoms with Gasteiger partial charge in [0, 0.05) is 33.6 Å². The van der Waals surface area contributed by atoms with Crippen molar-refractivity contribution in [2.45, 2.75) is 6.92 Å². The monoisotopic (exact) mass is 874 g/mol. The highest BCUT2D eigenvalue weighted by molar-refractivity contribution is 7.91. The lowest BCUT2D eigenvalue weighted by atomic mass is 9.94. The number of amides is 2. The molecule has 0 bridgehead atoms. The molecule has 0 spiro atoms. The predicted octanol–water partition coefficient (Wildman–Crippen LogP) is 5.98. The van der Waals surface area contributed by atoms with Crippen LogP contribution in [0.2, 0.25) is 0 Å². The van der Waals surface area contributed by atoms with Gasteiger partial charge < -0.3 is 15.7 Å². The van der Waals surface area contributed by atoms with E-state index in [1.165, 1.54) is 78.9 Å². The molecule has 312 valence electrons. The lowest BCUT2D eigenvalue weighted by Gasteiger charge is -2.18. The van der Waals surface area contributed by atoms with Crippen LogP contribution in [0.4, 0.5) is 22.7 Å². The Bertz CT molecular complexity index is 3140. The van der Waals surface area contributed by atoms with Crippen LogP contribution in [-0.4, -0.2) is 71.8 Å². The maximum absolute atomic E-state index is 13.5. The quantitative estimate of drug-likeness (QED) is 0.0593. The van der Waals surface area contributed by atoms with Gasteiger partial charge in [-0.2, -0.15) is 27.0 Å². The van der Waals surface area contributed by atoms with E-state index in [-0.39, 0.29) is 56.1 Å². The number of rotatable bonds is 11. The maximum atomic E-state index is 13.5. The summed E-state index contributed by atoms with van der Waals surface area (Å²) in [5.74, 6) is -4.17. The summed E-state index contributed by atoms with van der Waals surface area (Å²) in [7, 11) is -10.0. The number of benzene rings is 5. The van der Waals surface area contributed by atoms with Gasteiger partial charge in [0.25, 0.3) is 32.1 Å². The van der Waals surface area contributed by atoms with Gasteiger partial charge in [-0.05, 0) is 115 Å². The van der Waals surface area contributed by atoms with Gasteiger partial charge in [-0.1, -0.05) is 30.3 Å². The molecule has 0 heterocycles. The molecule has 2 aliphatic carbocycles. The lowest BCUT2D eigenvalue weighted by molar-refractivity contribution is 0.0697. The number of ketones is 2. The number of carbonyl (C=O) groups excluding carboxylic acids is 4. The second-order valence-electron chi connectivity index (χ2n) is 13.5. The molecule has 62 heavy (non-hydrogen) atoms. The number of carboxylic acids is 1. The highest BCUT2D eigenvalue weighted by atomic mass is 32.2. The van der Waals surface area contributed by atoms with E-state index in [0.29, 0.717) is 11.1 Å². The smallest absolute Gasteiger partial charge is 0.337 e. The summed E-state index contributed by atoms with van der Waals surface area (Å²) in [5.41, 5.74) is 5.01. The Kier molecular flexibility index (Phi) is 11.3. The molecule has 20 heteroatoms. The van der Waals surface area contributed by atoms with Gasteiger partial charge in [0.1, 0.15) is 9.81 Å². The number of hydrogen-bond donors (Lipinski definition) is 7. The number of hydrazone groups is 2. The molecule has 5 aromatic rings. The fraction of sp³-hybridized carbons (Fsp3) is 0.0238. The molecule has 7 N–H and O–H groups in total. The minimum Gasteiger partial charge on any atom is -0.478 e. The van der Waals surface area contributed by atoms with Crippen molar-refractivity contribution in [2.24, 2.45) is 10.2 Å². The summed E-state index contributed by atoms with van der Waals surface area (Å²) < 4.78 is 69.7. The second kappa shape index (κ2) is 16.6. The predicted molar refractivity (Wildman–Crippen MR) is 230 cm³/mol. The number of nitrogens with one attached hydrogen (secondary N) is 4. The Morgan fingerprint density at radius 2 is 1.05 bits per heavy atom. The Morgan fingerprint density at radius 3 is 1.55 bits per heavy atom. The first-order chi connectivity index (χ1) is 29.4. The van der Waals surface area contributed by atoms with E-state index in [0.717, 1.165) is 12.2 Å². The molecule has 2 amide bonds. The number of Topliss-reactive ketones (excluding diaryl/α,β-unsaturated/α-hetero) is 2. The van der Waals surface area contributed by atoms with Gasteiger partial charge in [-0.25, -0.2) is 4.79 Å². The Morgan fingerprint density at radius 1 is 0.565 bits per heavy atom. The van der Waals surface area contributed by atoms with Crippen molar-refractivity contribution in [3.8, 4) is 0 Å². The third-order valence-corrected chi connectivity index (χ3v) is 11.1. The van der Waals surface area contributed by atoms with Crippen molar-refractivity contribution in [1.29, 1.82) is 0 Å². The first-order valence-corrected chi connectivity index (χ1v) is 20.8. The van der Waals surface area contributed by atoms with Crippen LogP contribution >= 0.6 is 0 Å². The van der Waals surface area contributed by atoms with Gasteiger partial charge >= 0.3 is 5.97 Å². The Balaban J connectivity index is 1.08. The number of aryl methyl sites for hydroxylation is 1. The molecule has 0 fully saturated rings. The van der Waals surface area contributed by atoms with E-state index < -0.39 is 70.8 Å². The summed E-state index contributed by atoms with van der Waals surface area (Å²) >= 11 is 0. The zero-order valence-corrected chi connectivity index (χ0v) is 33.4. The van der Waals surface area contributed by atoms with E-state index in [1.54, 1.807) is 37.3 Å². The fourth-order valence-electron chi connectivity index (χ4n) is 6.36. The molecule has 0 atom stereocenters. The van der Waals surface area contributed by atoms with Crippen LogP contribution in [0.1, 0.15) is 68.5 Å². The summed E-state index contributed by atoms with van der Waals surface area (Å²) in [5, 5.41) is 22.6. The van der Waals surface area contributed by atoms with Crippen LogP contribution in [0, 0.1) is 6.92 Å².